The standard InChI is InChI=1S/C16H11ClF3N3OS/c17-13-6-3-10(7-12(13)16(18,19)20)14(24)9-1-4-11(5-2-9)23-8-21-22-15(23)25/h1-8,15,22,25H. The van der Waals surface area contributed by atoms with E-state index in [0.717, 1.165) is 17.8 Å². The van der Waals surface area contributed by atoms with Crippen molar-refractivity contribution in [3.8, 4) is 0 Å². The van der Waals surface area contributed by atoms with Crippen molar-refractivity contribution in [2.24, 2.45) is 5.10 Å². The molecule has 0 bridgehead atoms. The molecule has 130 valence electrons. The number of ketones is 1. The first-order chi connectivity index (χ1) is 11.8. The second-order valence-corrected chi connectivity index (χ2v) is 6.12. The van der Waals surface area contributed by atoms with E-state index in [1.165, 1.54) is 18.2 Å². The van der Waals surface area contributed by atoms with Crippen LogP contribution >= 0.6 is 24.2 Å². The minimum Gasteiger partial charge on any atom is -0.300 e. The number of hydrogen-bond acceptors (Lipinski definition) is 5. The fraction of sp³-hybridized carbons (Fsp3) is 0.125. The van der Waals surface area contributed by atoms with Gasteiger partial charge in [0.15, 0.2) is 11.3 Å². The van der Waals surface area contributed by atoms with E-state index in [0.29, 0.717) is 0 Å². The van der Waals surface area contributed by atoms with Crippen LogP contribution < -0.4 is 10.3 Å². The molecule has 1 unspecified atom stereocenters. The highest BCUT2D eigenvalue weighted by molar-refractivity contribution is 7.81. The van der Waals surface area contributed by atoms with Crippen molar-refractivity contribution in [1.29, 1.82) is 0 Å². The summed E-state index contributed by atoms with van der Waals surface area (Å²) in [6.07, 6.45) is -3.08. The number of carbonyl (C=O) groups excluding carboxylic acids is 1. The zero-order chi connectivity index (χ0) is 18.2. The Labute approximate surface area is 151 Å². The van der Waals surface area contributed by atoms with E-state index < -0.39 is 22.5 Å². The van der Waals surface area contributed by atoms with Crippen molar-refractivity contribution in [1.82, 2.24) is 5.43 Å². The van der Waals surface area contributed by atoms with Gasteiger partial charge in [-0.1, -0.05) is 11.6 Å². The van der Waals surface area contributed by atoms with Gasteiger partial charge in [0.25, 0.3) is 0 Å². The molecule has 0 radical (unpaired) electrons. The zero-order valence-corrected chi connectivity index (χ0v) is 14.1. The topological polar surface area (TPSA) is 44.7 Å². The van der Waals surface area contributed by atoms with Gasteiger partial charge in [-0.05, 0) is 42.5 Å². The van der Waals surface area contributed by atoms with Crippen molar-refractivity contribution in [2.45, 2.75) is 11.7 Å². The molecule has 1 heterocycles. The summed E-state index contributed by atoms with van der Waals surface area (Å²) >= 11 is 9.85. The first-order valence-corrected chi connectivity index (χ1v) is 7.93. The third-order valence-corrected chi connectivity index (χ3v) is 4.29. The summed E-state index contributed by atoms with van der Waals surface area (Å²) < 4.78 is 38.8. The van der Waals surface area contributed by atoms with Crippen LogP contribution in [-0.2, 0) is 6.18 Å². The van der Waals surface area contributed by atoms with Crippen LogP contribution in [0.2, 0.25) is 5.02 Å². The lowest BCUT2D eigenvalue weighted by molar-refractivity contribution is -0.137. The molecule has 2 aromatic rings. The van der Waals surface area contributed by atoms with Crippen LogP contribution in [0.15, 0.2) is 47.6 Å². The van der Waals surface area contributed by atoms with Gasteiger partial charge in [-0.3, -0.25) is 15.1 Å². The lowest BCUT2D eigenvalue weighted by Crippen LogP contribution is -2.31. The molecule has 1 atom stereocenters. The van der Waals surface area contributed by atoms with Crippen LogP contribution in [0.1, 0.15) is 21.5 Å². The molecule has 25 heavy (non-hydrogen) atoms. The molecular weight excluding hydrogens is 375 g/mol. The molecule has 0 saturated carbocycles. The number of alkyl halides is 3. The Morgan fingerprint density at radius 3 is 2.36 bits per heavy atom. The first-order valence-electron chi connectivity index (χ1n) is 7.04. The molecule has 0 saturated heterocycles. The fourth-order valence-electron chi connectivity index (χ4n) is 2.33. The van der Waals surface area contributed by atoms with E-state index in [9.17, 15) is 18.0 Å². The molecule has 0 aromatic heterocycles. The number of anilines is 1. The molecule has 1 aliphatic rings. The minimum absolute atomic E-state index is 0.0825. The molecule has 0 spiro atoms. The van der Waals surface area contributed by atoms with E-state index in [2.05, 4.69) is 23.2 Å². The summed E-state index contributed by atoms with van der Waals surface area (Å²) in [4.78, 5) is 14.2. The minimum atomic E-state index is -4.62. The molecule has 0 amide bonds. The van der Waals surface area contributed by atoms with Crippen LogP contribution in [0, 0.1) is 0 Å². The molecule has 0 fully saturated rings. The van der Waals surface area contributed by atoms with E-state index in [4.69, 9.17) is 11.6 Å². The maximum Gasteiger partial charge on any atom is 0.417 e. The number of nitrogens with one attached hydrogen (secondary N) is 1. The van der Waals surface area contributed by atoms with Crippen LogP contribution in [0.4, 0.5) is 18.9 Å². The average Bonchev–Trinajstić information content (AvgIpc) is 3.00. The predicted molar refractivity (Wildman–Crippen MR) is 93.2 cm³/mol. The van der Waals surface area contributed by atoms with Gasteiger partial charge < -0.3 is 0 Å². The van der Waals surface area contributed by atoms with Crippen molar-refractivity contribution in [3.63, 3.8) is 0 Å². The second-order valence-electron chi connectivity index (χ2n) is 5.22. The van der Waals surface area contributed by atoms with Crippen LogP contribution in [0.3, 0.4) is 0 Å². The van der Waals surface area contributed by atoms with E-state index in [1.807, 2.05) is 0 Å². The van der Waals surface area contributed by atoms with Gasteiger partial charge in [-0.15, -0.1) is 12.6 Å². The lowest BCUT2D eigenvalue weighted by Gasteiger charge is -2.19. The lowest BCUT2D eigenvalue weighted by atomic mass is 10.0. The average molecular weight is 386 g/mol. The number of nitrogens with zero attached hydrogens (tertiary/aromatic N) is 2. The molecule has 4 nitrogen and oxygen atoms in total. The fourth-order valence-corrected chi connectivity index (χ4v) is 2.82. The highest BCUT2D eigenvalue weighted by atomic mass is 35.5. The van der Waals surface area contributed by atoms with E-state index >= 15 is 0 Å². The second kappa shape index (κ2) is 6.61. The quantitative estimate of drug-likeness (QED) is 0.616. The van der Waals surface area contributed by atoms with Gasteiger partial charge in [0, 0.05) is 16.8 Å². The normalized spacial score (nSPS) is 16.8. The Hall–Kier alpha value is -2.19. The number of rotatable bonds is 3. The molecule has 3 rings (SSSR count). The van der Waals surface area contributed by atoms with Gasteiger partial charge in [0.1, 0.15) is 6.34 Å². The predicted octanol–water partition coefficient (Wildman–Crippen LogP) is 4.16. The number of carbonyl (C=O) groups is 1. The number of hydrazone groups is 1. The third-order valence-electron chi connectivity index (χ3n) is 3.60. The highest BCUT2D eigenvalue weighted by Gasteiger charge is 2.34. The maximum atomic E-state index is 12.9. The molecule has 2 aromatic carbocycles. The van der Waals surface area contributed by atoms with Crippen molar-refractivity contribution >= 4 is 42.0 Å². The summed E-state index contributed by atoms with van der Waals surface area (Å²) in [5.41, 5.74) is 2.28. The molecule has 9 heteroatoms. The summed E-state index contributed by atoms with van der Waals surface area (Å²) in [5, 5.41) is 3.41. The summed E-state index contributed by atoms with van der Waals surface area (Å²) in [7, 11) is 0. The van der Waals surface area contributed by atoms with Gasteiger partial charge in [-0.2, -0.15) is 18.3 Å². The monoisotopic (exact) mass is 385 g/mol. The summed E-state index contributed by atoms with van der Waals surface area (Å²) in [5.74, 6) is -0.524. The highest BCUT2D eigenvalue weighted by Crippen LogP contribution is 2.35. The van der Waals surface area contributed by atoms with Crippen molar-refractivity contribution < 1.29 is 18.0 Å². The first kappa shape index (κ1) is 17.6. The Morgan fingerprint density at radius 2 is 1.80 bits per heavy atom. The number of halogens is 4. The molecule has 1 aliphatic heterocycles. The maximum absolute atomic E-state index is 12.9. The molecule has 1 N–H and O–H groups in total. The smallest absolute Gasteiger partial charge is 0.300 e. The zero-order valence-electron chi connectivity index (χ0n) is 12.5. The van der Waals surface area contributed by atoms with Crippen molar-refractivity contribution in [3.05, 3.63) is 64.2 Å². The van der Waals surface area contributed by atoms with Crippen LogP contribution in [0.5, 0.6) is 0 Å². The van der Waals surface area contributed by atoms with Gasteiger partial charge in [0.05, 0.1) is 10.6 Å². The van der Waals surface area contributed by atoms with Crippen molar-refractivity contribution in [2.75, 3.05) is 4.90 Å². The van der Waals surface area contributed by atoms with Gasteiger partial charge in [-0.25, -0.2) is 0 Å². The van der Waals surface area contributed by atoms with Gasteiger partial charge in [0.2, 0.25) is 0 Å². The number of hydrogen-bond donors (Lipinski definition) is 2. The Balaban J connectivity index is 1.87. The van der Waals surface area contributed by atoms with Crippen LogP contribution in [-0.4, -0.2) is 17.6 Å². The van der Waals surface area contributed by atoms with E-state index in [-0.39, 0.29) is 16.6 Å². The summed E-state index contributed by atoms with van der Waals surface area (Å²) in [6, 6.07) is 9.50. The number of thiol groups is 1. The third kappa shape index (κ3) is 3.59. The Morgan fingerprint density at radius 1 is 1.16 bits per heavy atom. The molecular formula is C16H11ClF3N3OS. The largest absolute Gasteiger partial charge is 0.417 e. The van der Waals surface area contributed by atoms with Gasteiger partial charge >= 0.3 is 6.18 Å². The van der Waals surface area contributed by atoms with E-state index in [1.54, 1.807) is 23.4 Å². The Bertz CT molecular complexity index is 840. The SMILES string of the molecule is O=C(c1ccc(N2C=NNC2S)cc1)c1ccc(Cl)c(C(F)(F)F)c1. The summed E-state index contributed by atoms with van der Waals surface area (Å²) in [6.45, 7) is 0. The number of benzene rings is 2. The van der Waals surface area contributed by atoms with Crippen LogP contribution in [0.25, 0.3) is 0 Å². The Kier molecular flexibility index (Phi) is 4.66. The molecule has 0 aliphatic carbocycles.